The average Bonchev–Trinajstić information content (AvgIpc) is 3.03. The van der Waals surface area contributed by atoms with Gasteiger partial charge in [-0.25, -0.2) is 0 Å². The van der Waals surface area contributed by atoms with Crippen molar-refractivity contribution in [3.05, 3.63) is 70.8 Å². The van der Waals surface area contributed by atoms with Gasteiger partial charge in [0.25, 0.3) is 0 Å². The number of hydrogen-bond acceptors (Lipinski definition) is 1. The zero-order valence-electron chi connectivity index (χ0n) is 9.84. The quantitative estimate of drug-likeness (QED) is 0.691. The van der Waals surface area contributed by atoms with E-state index in [0.717, 1.165) is 0 Å². The van der Waals surface area contributed by atoms with E-state index in [4.69, 9.17) is 0 Å². The minimum atomic E-state index is -0.331. The van der Waals surface area contributed by atoms with Crippen LogP contribution in [-0.2, 0) is 10.2 Å². The molecule has 5 rings (SSSR count). The van der Waals surface area contributed by atoms with Crippen LogP contribution in [0, 0.1) is 5.92 Å². The Balaban J connectivity index is 1.93. The molecule has 2 atom stereocenters. The molecule has 3 aliphatic carbocycles. The van der Waals surface area contributed by atoms with Gasteiger partial charge in [0, 0.05) is 0 Å². The molecule has 1 saturated carbocycles. The highest BCUT2D eigenvalue weighted by Crippen LogP contribution is 2.79. The number of carbonyl (C=O) groups excluding carboxylic acids is 1. The molecule has 1 heteroatoms. The fourth-order valence-electron chi connectivity index (χ4n) is 4.69. The molecule has 0 amide bonds. The summed E-state index contributed by atoms with van der Waals surface area (Å²) in [4.78, 5) is 11.9. The standard InChI is InChI=1S/C17H12O/c18-9-17-12-7-3-1-5-10(12)14-15(16(14)17)11-6-2-4-8-13(11)17/h1-9,14-16H. The largest absolute Gasteiger partial charge is 0.302 e. The van der Waals surface area contributed by atoms with E-state index < -0.39 is 0 Å². The van der Waals surface area contributed by atoms with Crippen LogP contribution < -0.4 is 0 Å². The number of fused-ring (bicyclic) bond motifs is 7. The first kappa shape index (κ1) is 9.09. The van der Waals surface area contributed by atoms with Gasteiger partial charge >= 0.3 is 0 Å². The molecular weight excluding hydrogens is 220 g/mol. The van der Waals surface area contributed by atoms with Crippen molar-refractivity contribution in [3.8, 4) is 0 Å². The van der Waals surface area contributed by atoms with Crippen LogP contribution in [-0.4, -0.2) is 6.29 Å². The van der Waals surface area contributed by atoms with Gasteiger partial charge in [-0.3, -0.25) is 0 Å². The van der Waals surface area contributed by atoms with Crippen molar-refractivity contribution >= 4 is 6.29 Å². The van der Waals surface area contributed by atoms with Crippen molar-refractivity contribution in [2.45, 2.75) is 17.3 Å². The Hall–Kier alpha value is -1.89. The van der Waals surface area contributed by atoms with Gasteiger partial charge in [0.05, 0.1) is 5.41 Å². The predicted octanol–water partition coefficient (Wildman–Crippen LogP) is 3.00. The van der Waals surface area contributed by atoms with Crippen molar-refractivity contribution in [1.82, 2.24) is 0 Å². The zero-order chi connectivity index (χ0) is 11.9. The van der Waals surface area contributed by atoms with Crippen molar-refractivity contribution in [3.63, 3.8) is 0 Å². The van der Waals surface area contributed by atoms with Crippen LogP contribution in [0.3, 0.4) is 0 Å². The van der Waals surface area contributed by atoms with Gasteiger partial charge < -0.3 is 4.79 Å². The summed E-state index contributed by atoms with van der Waals surface area (Å²) in [5, 5.41) is 0. The molecule has 2 aromatic rings. The molecular formula is C17H12O. The molecule has 0 heterocycles. The number of rotatable bonds is 1. The normalized spacial score (nSPS) is 36.8. The summed E-state index contributed by atoms with van der Waals surface area (Å²) < 4.78 is 0. The lowest BCUT2D eigenvalue weighted by Gasteiger charge is -2.24. The SMILES string of the molecule is O=CC12c3ccccc3C3C(c4ccccc41)C32. The molecule has 2 unspecified atom stereocenters. The van der Waals surface area contributed by atoms with E-state index in [2.05, 4.69) is 48.5 Å². The van der Waals surface area contributed by atoms with Crippen LogP contribution in [0.15, 0.2) is 48.5 Å². The van der Waals surface area contributed by atoms with Gasteiger partial charge in [0.2, 0.25) is 0 Å². The summed E-state index contributed by atoms with van der Waals surface area (Å²) in [6.07, 6.45) is 1.21. The first-order chi connectivity index (χ1) is 8.89. The Bertz CT molecular complexity index is 647. The minimum absolute atomic E-state index is 0.331. The maximum Gasteiger partial charge on any atom is 0.135 e. The van der Waals surface area contributed by atoms with Crippen LogP contribution in [0.2, 0.25) is 0 Å². The molecule has 0 radical (unpaired) electrons. The van der Waals surface area contributed by atoms with Gasteiger partial charge in [-0.15, -0.1) is 0 Å². The second kappa shape index (κ2) is 2.59. The number of benzene rings is 2. The minimum Gasteiger partial charge on any atom is -0.302 e. The number of hydrogen-bond donors (Lipinski definition) is 0. The van der Waals surface area contributed by atoms with Crippen LogP contribution in [0.5, 0.6) is 0 Å². The van der Waals surface area contributed by atoms with Crippen molar-refractivity contribution < 1.29 is 4.79 Å². The summed E-state index contributed by atoms with van der Waals surface area (Å²) in [5.74, 6) is 1.70. The highest BCUT2D eigenvalue weighted by Gasteiger charge is 2.73. The van der Waals surface area contributed by atoms with E-state index >= 15 is 0 Å². The summed E-state index contributed by atoms with van der Waals surface area (Å²) >= 11 is 0. The lowest BCUT2D eigenvalue weighted by molar-refractivity contribution is -0.111. The smallest absolute Gasteiger partial charge is 0.135 e. The zero-order valence-corrected chi connectivity index (χ0v) is 9.84. The first-order valence-electron chi connectivity index (χ1n) is 6.55. The van der Waals surface area contributed by atoms with Gasteiger partial charge in [-0.05, 0) is 40.0 Å². The molecule has 1 nitrogen and oxygen atoms in total. The summed E-state index contributed by atoms with van der Waals surface area (Å²) in [6.45, 7) is 0. The Kier molecular flexibility index (Phi) is 1.31. The van der Waals surface area contributed by atoms with Crippen LogP contribution in [0.25, 0.3) is 0 Å². The average molecular weight is 232 g/mol. The van der Waals surface area contributed by atoms with E-state index in [1.165, 1.54) is 28.5 Å². The first-order valence-corrected chi connectivity index (χ1v) is 6.55. The van der Waals surface area contributed by atoms with E-state index in [1.54, 1.807) is 0 Å². The highest BCUT2D eigenvalue weighted by molar-refractivity contribution is 5.86. The number of carbonyl (C=O) groups is 1. The summed E-state index contributed by atoms with van der Waals surface area (Å²) in [5.41, 5.74) is 5.02. The fraction of sp³-hybridized carbons (Fsp3) is 0.235. The maximum atomic E-state index is 11.9. The van der Waals surface area contributed by atoms with Gasteiger partial charge in [-0.2, -0.15) is 0 Å². The molecule has 0 aliphatic heterocycles. The van der Waals surface area contributed by atoms with Crippen molar-refractivity contribution in [2.24, 2.45) is 5.92 Å². The molecule has 86 valence electrons. The Labute approximate surface area is 105 Å². The van der Waals surface area contributed by atoms with E-state index in [1.807, 2.05) is 0 Å². The third-order valence-electron chi connectivity index (χ3n) is 5.26. The third kappa shape index (κ3) is 0.694. The predicted molar refractivity (Wildman–Crippen MR) is 68.7 cm³/mol. The summed E-state index contributed by atoms with van der Waals surface area (Å²) in [7, 11) is 0. The Morgan fingerprint density at radius 3 is 1.83 bits per heavy atom. The molecule has 0 aromatic heterocycles. The molecule has 0 spiro atoms. The number of aldehydes is 1. The second-order valence-electron chi connectivity index (χ2n) is 5.74. The van der Waals surface area contributed by atoms with Gasteiger partial charge in [0.1, 0.15) is 6.29 Å². The van der Waals surface area contributed by atoms with E-state index in [0.29, 0.717) is 17.8 Å². The second-order valence-corrected chi connectivity index (χ2v) is 5.74. The maximum absolute atomic E-state index is 11.9. The molecule has 1 fully saturated rings. The Morgan fingerprint density at radius 2 is 1.33 bits per heavy atom. The topological polar surface area (TPSA) is 17.1 Å². The van der Waals surface area contributed by atoms with Gasteiger partial charge in [-0.1, -0.05) is 48.5 Å². The van der Waals surface area contributed by atoms with Crippen molar-refractivity contribution in [2.75, 3.05) is 0 Å². The third-order valence-corrected chi connectivity index (χ3v) is 5.26. The van der Waals surface area contributed by atoms with Crippen molar-refractivity contribution in [1.29, 1.82) is 0 Å². The lowest BCUT2D eigenvalue weighted by Crippen LogP contribution is -2.28. The van der Waals surface area contributed by atoms with Gasteiger partial charge in [0.15, 0.2) is 0 Å². The van der Waals surface area contributed by atoms with Crippen LogP contribution >= 0.6 is 0 Å². The molecule has 2 aromatic carbocycles. The molecule has 0 saturated heterocycles. The van der Waals surface area contributed by atoms with E-state index in [9.17, 15) is 4.79 Å². The Morgan fingerprint density at radius 1 is 0.833 bits per heavy atom. The van der Waals surface area contributed by atoms with Crippen LogP contribution in [0.4, 0.5) is 0 Å². The molecule has 0 N–H and O–H groups in total. The molecule has 3 aliphatic rings. The molecule has 0 bridgehead atoms. The fourth-order valence-corrected chi connectivity index (χ4v) is 4.69. The monoisotopic (exact) mass is 232 g/mol. The van der Waals surface area contributed by atoms with E-state index in [-0.39, 0.29) is 5.41 Å². The lowest BCUT2D eigenvalue weighted by atomic mass is 9.77. The van der Waals surface area contributed by atoms with Crippen LogP contribution in [0.1, 0.15) is 34.1 Å². The molecule has 18 heavy (non-hydrogen) atoms. The highest BCUT2D eigenvalue weighted by atomic mass is 16.1. The summed E-state index contributed by atoms with van der Waals surface area (Å²) in [6, 6.07) is 17.0.